The Balaban J connectivity index is 1.79. The molecule has 21 heavy (non-hydrogen) atoms. The molecule has 108 valence electrons. The summed E-state index contributed by atoms with van der Waals surface area (Å²) in [6, 6.07) is 8.08. The van der Waals surface area contributed by atoms with Gasteiger partial charge in [-0.2, -0.15) is 5.10 Å². The fourth-order valence-electron chi connectivity index (χ4n) is 2.12. The average molecular weight is 303 g/mol. The highest BCUT2D eigenvalue weighted by atomic mass is 32.1. The maximum Gasteiger partial charge on any atom is 0.266 e. The van der Waals surface area contributed by atoms with Gasteiger partial charge in [-0.25, -0.2) is 4.39 Å². The minimum atomic E-state index is -0.298. The van der Waals surface area contributed by atoms with E-state index in [4.69, 9.17) is 0 Å². The number of amides is 1. The van der Waals surface area contributed by atoms with Crippen LogP contribution in [0.25, 0.3) is 10.1 Å². The number of aromatic amines is 1. The van der Waals surface area contributed by atoms with E-state index in [9.17, 15) is 9.18 Å². The Bertz CT molecular complexity index is 793. The molecular weight excluding hydrogens is 289 g/mol. The van der Waals surface area contributed by atoms with Crippen LogP contribution < -0.4 is 5.32 Å². The molecule has 0 saturated heterocycles. The van der Waals surface area contributed by atoms with Crippen molar-refractivity contribution in [1.82, 2.24) is 10.2 Å². The van der Waals surface area contributed by atoms with Gasteiger partial charge in [-0.1, -0.05) is 19.4 Å². The first-order chi connectivity index (χ1) is 10.2. The summed E-state index contributed by atoms with van der Waals surface area (Å²) < 4.78 is 13.9. The molecule has 6 heteroatoms. The normalized spacial score (nSPS) is 11.0. The summed E-state index contributed by atoms with van der Waals surface area (Å²) in [6.07, 6.45) is 1.91. The lowest BCUT2D eigenvalue weighted by Crippen LogP contribution is -2.10. The molecule has 3 rings (SSSR count). The van der Waals surface area contributed by atoms with Crippen LogP contribution in [0.4, 0.5) is 10.2 Å². The Hall–Kier alpha value is -2.21. The standard InChI is InChI=1S/C15H14FN3OS/c1-2-3-11-8-14(19-18-11)17-15(20)13-6-9-4-5-10(16)7-12(9)21-13/h4-8H,2-3H2,1H3,(H2,17,18,19,20). The third-order valence-corrected chi connectivity index (χ3v) is 4.19. The molecule has 0 aliphatic carbocycles. The molecule has 0 unspecified atom stereocenters. The first-order valence-electron chi connectivity index (χ1n) is 6.70. The third kappa shape index (κ3) is 2.95. The van der Waals surface area contributed by atoms with Crippen LogP contribution in [-0.4, -0.2) is 16.1 Å². The van der Waals surface area contributed by atoms with Gasteiger partial charge < -0.3 is 5.32 Å². The van der Waals surface area contributed by atoms with Gasteiger partial charge in [-0.05, 0) is 30.0 Å². The average Bonchev–Trinajstić information content (AvgIpc) is 3.05. The molecule has 4 nitrogen and oxygen atoms in total. The molecule has 0 aliphatic rings. The van der Waals surface area contributed by atoms with Gasteiger partial charge >= 0.3 is 0 Å². The van der Waals surface area contributed by atoms with Crippen LogP contribution >= 0.6 is 11.3 Å². The van der Waals surface area contributed by atoms with Gasteiger partial charge in [-0.15, -0.1) is 11.3 Å². The molecule has 3 aromatic rings. The molecule has 0 spiro atoms. The van der Waals surface area contributed by atoms with E-state index < -0.39 is 0 Å². The van der Waals surface area contributed by atoms with Crippen molar-refractivity contribution in [3.8, 4) is 0 Å². The van der Waals surface area contributed by atoms with Gasteiger partial charge in [0, 0.05) is 16.5 Å². The number of halogens is 1. The van der Waals surface area contributed by atoms with E-state index in [1.165, 1.54) is 23.5 Å². The van der Waals surface area contributed by atoms with Crippen molar-refractivity contribution >= 4 is 33.1 Å². The maximum absolute atomic E-state index is 13.2. The van der Waals surface area contributed by atoms with Gasteiger partial charge in [0.15, 0.2) is 5.82 Å². The molecule has 0 atom stereocenters. The maximum atomic E-state index is 13.2. The Morgan fingerprint density at radius 2 is 2.24 bits per heavy atom. The highest BCUT2D eigenvalue weighted by Gasteiger charge is 2.12. The molecule has 2 heterocycles. The number of aromatic nitrogens is 2. The van der Waals surface area contributed by atoms with E-state index in [0.717, 1.165) is 28.6 Å². The molecule has 0 fully saturated rings. The number of aryl methyl sites for hydroxylation is 1. The van der Waals surface area contributed by atoms with Crippen LogP contribution in [0, 0.1) is 5.82 Å². The SMILES string of the molecule is CCCc1cc(NC(=O)c2cc3ccc(F)cc3s2)n[nH]1. The lowest BCUT2D eigenvalue weighted by molar-refractivity contribution is 0.103. The minimum absolute atomic E-state index is 0.230. The van der Waals surface area contributed by atoms with Crippen LogP contribution in [0.2, 0.25) is 0 Å². The number of nitrogens with zero attached hydrogens (tertiary/aromatic N) is 1. The summed E-state index contributed by atoms with van der Waals surface area (Å²) in [5.41, 5.74) is 0.992. The zero-order chi connectivity index (χ0) is 14.8. The van der Waals surface area contributed by atoms with E-state index in [0.29, 0.717) is 10.7 Å². The smallest absolute Gasteiger partial charge is 0.266 e. The van der Waals surface area contributed by atoms with Gasteiger partial charge in [0.2, 0.25) is 0 Å². The second kappa shape index (κ2) is 5.65. The fraction of sp³-hybridized carbons (Fsp3) is 0.200. The number of H-pyrrole nitrogens is 1. The highest BCUT2D eigenvalue weighted by Crippen LogP contribution is 2.26. The van der Waals surface area contributed by atoms with Gasteiger partial charge in [0.1, 0.15) is 5.82 Å². The summed E-state index contributed by atoms with van der Waals surface area (Å²) in [6.45, 7) is 2.08. The number of rotatable bonds is 4. The van der Waals surface area contributed by atoms with Crippen molar-refractivity contribution in [3.63, 3.8) is 0 Å². The number of thiophene rings is 1. The van der Waals surface area contributed by atoms with E-state index >= 15 is 0 Å². The molecular formula is C15H14FN3OS. The van der Waals surface area contributed by atoms with E-state index in [-0.39, 0.29) is 11.7 Å². The molecule has 1 aromatic carbocycles. The van der Waals surface area contributed by atoms with Gasteiger partial charge in [0.25, 0.3) is 5.91 Å². The van der Waals surface area contributed by atoms with Crippen molar-refractivity contribution in [1.29, 1.82) is 0 Å². The largest absolute Gasteiger partial charge is 0.304 e. The first kappa shape index (κ1) is 13.8. The minimum Gasteiger partial charge on any atom is -0.304 e. The Labute approximate surface area is 125 Å². The number of nitrogens with one attached hydrogen (secondary N) is 2. The third-order valence-electron chi connectivity index (χ3n) is 3.10. The number of hydrogen-bond donors (Lipinski definition) is 2. The Morgan fingerprint density at radius 3 is 3.05 bits per heavy atom. The van der Waals surface area contributed by atoms with Crippen LogP contribution in [0.15, 0.2) is 30.3 Å². The summed E-state index contributed by atoms with van der Waals surface area (Å²) >= 11 is 1.27. The van der Waals surface area contributed by atoms with Crippen molar-refractivity contribution < 1.29 is 9.18 Å². The van der Waals surface area contributed by atoms with Crippen LogP contribution in [0.3, 0.4) is 0 Å². The van der Waals surface area contributed by atoms with Crippen LogP contribution in [-0.2, 0) is 6.42 Å². The van der Waals surface area contributed by atoms with Crippen molar-refractivity contribution in [3.05, 3.63) is 46.7 Å². The van der Waals surface area contributed by atoms with Gasteiger partial charge in [-0.3, -0.25) is 9.89 Å². The molecule has 0 aliphatic heterocycles. The molecule has 0 bridgehead atoms. The highest BCUT2D eigenvalue weighted by molar-refractivity contribution is 7.20. The first-order valence-corrected chi connectivity index (χ1v) is 7.52. The number of carbonyl (C=O) groups excluding carboxylic acids is 1. The Kier molecular flexibility index (Phi) is 3.70. The van der Waals surface area contributed by atoms with E-state index in [1.54, 1.807) is 12.1 Å². The van der Waals surface area contributed by atoms with Gasteiger partial charge in [0.05, 0.1) is 4.88 Å². The van der Waals surface area contributed by atoms with Crippen molar-refractivity contribution in [2.75, 3.05) is 5.32 Å². The molecule has 2 N–H and O–H groups in total. The Morgan fingerprint density at radius 1 is 1.38 bits per heavy atom. The number of fused-ring (bicyclic) bond motifs is 1. The molecule has 1 amide bonds. The molecule has 2 aromatic heterocycles. The zero-order valence-electron chi connectivity index (χ0n) is 11.4. The summed E-state index contributed by atoms with van der Waals surface area (Å²) in [4.78, 5) is 12.7. The summed E-state index contributed by atoms with van der Waals surface area (Å²) in [7, 11) is 0. The predicted molar refractivity (Wildman–Crippen MR) is 82.3 cm³/mol. The quantitative estimate of drug-likeness (QED) is 0.766. The summed E-state index contributed by atoms with van der Waals surface area (Å²) in [5.74, 6) is -0.0222. The lowest BCUT2D eigenvalue weighted by atomic mass is 10.2. The number of hydrogen-bond acceptors (Lipinski definition) is 3. The summed E-state index contributed by atoms with van der Waals surface area (Å²) in [5, 5.41) is 10.6. The topological polar surface area (TPSA) is 57.8 Å². The van der Waals surface area contributed by atoms with Crippen molar-refractivity contribution in [2.45, 2.75) is 19.8 Å². The van der Waals surface area contributed by atoms with Crippen LogP contribution in [0.5, 0.6) is 0 Å². The lowest BCUT2D eigenvalue weighted by Gasteiger charge is -1.97. The fourth-order valence-corrected chi connectivity index (χ4v) is 3.10. The number of benzene rings is 1. The number of anilines is 1. The monoisotopic (exact) mass is 303 g/mol. The van der Waals surface area contributed by atoms with E-state index in [2.05, 4.69) is 22.4 Å². The zero-order valence-corrected chi connectivity index (χ0v) is 12.3. The second-order valence-corrected chi connectivity index (χ2v) is 5.86. The molecule has 0 saturated carbocycles. The van der Waals surface area contributed by atoms with Crippen molar-refractivity contribution in [2.24, 2.45) is 0 Å². The van der Waals surface area contributed by atoms with Crippen LogP contribution in [0.1, 0.15) is 28.7 Å². The number of carbonyl (C=O) groups is 1. The second-order valence-electron chi connectivity index (χ2n) is 4.78. The van der Waals surface area contributed by atoms with E-state index in [1.807, 2.05) is 6.07 Å². The predicted octanol–water partition coefficient (Wildman–Crippen LogP) is 3.97. The molecule has 0 radical (unpaired) electrons.